The number of ether oxygens (including phenoxy) is 3. The molecule has 1 fully saturated rings. The predicted molar refractivity (Wildman–Crippen MR) is 86.2 cm³/mol. The number of nitrogens with two attached hydrogens (primary N) is 1. The maximum atomic E-state index is 12.2. The number of nitrogens with zero attached hydrogens (tertiary/aromatic N) is 1. The van der Waals surface area contributed by atoms with E-state index in [0.717, 1.165) is 0 Å². The van der Waals surface area contributed by atoms with E-state index in [1.54, 1.807) is 12.1 Å². The van der Waals surface area contributed by atoms with Crippen molar-refractivity contribution < 1.29 is 28.6 Å². The monoisotopic (exact) mass is 348 g/mol. The van der Waals surface area contributed by atoms with Gasteiger partial charge in [-0.15, -0.1) is 0 Å². The Kier molecular flexibility index (Phi) is 5.06. The Morgan fingerprint density at radius 1 is 1.20 bits per heavy atom. The molecule has 1 atom stereocenters. The number of carbonyl (C=O) groups excluding carboxylic acids is 3. The van der Waals surface area contributed by atoms with Crippen LogP contribution >= 0.6 is 0 Å². The molecule has 2 aliphatic heterocycles. The lowest BCUT2D eigenvalue weighted by Gasteiger charge is -2.31. The highest BCUT2D eigenvalue weighted by atomic mass is 16.6. The lowest BCUT2D eigenvalue weighted by Crippen LogP contribution is -2.45. The van der Waals surface area contributed by atoms with E-state index >= 15 is 0 Å². The van der Waals surface area contributed by atoms with Crippen LogP contribution in [0.5, 0.6) is 11.5 Å². The molecular formula is C17H20N2O6. The van der Waals surface area contributed by atoms with Crippen molar-refractivity contribution >= 4 is 17.8 Å². The average molecular weight is 348 g/mol. The number of primary amides is 1. The van der Waals surface area contributed by atoms with Crippen LogP contribution in [-0.2, 0) is 14.3 Å². The van der Waals surface area contributed by atoms with Crippen LogP contribution in [0.25, 0.3) is 0 Å². The number of rotatable bonds is 4. The van der Waals surface area contributed by atoms with Crippen molar-refractivity contribution in [2.45, 2.75) is 12.8 Å². The van der Waals surface area contributed by atoms with Crippen LogP contribution in [0.4, 0.5) is 0 Å². The van der Waals surface area contributed by atoms with Gasteiger partial charge in [0.25, 0.3) is 5.91 Å². The van der Waals surface area contributed by atoms with E-state index in [4.69, 9.17) is 19.9 Å². The minimum atomic E-state index is -0.617. The zero-order valence-electron chi connectivity index (χ0n) is 13.7. The van der Waals surface area contributed by atoms with Crippen molar-refractivity contribution in [1.29, 1.82) is 0 Å². The van der Waals surface area contributed by atoms with Crippen LogP contribution in [0.1, 0.15) is 23.2 Å². The summed E-state index contributed by atoms with van der Waals surface area (Å²) in [6, 6.07) is 4.73. The van der Waals surface area contributed by atoms with E-state index in [1.165, 1.54) is 11.0 Å². The van der Waals surface area contributed by atoms with Gasteiger partial charge in [0.2, 0.25) is 5.91 Å². The molecule has 1 aromatic carbocycles. The van der Waals surface area contributed by atoms with E-state index in [0.29, 0.717) is 44.1 Å². The van der Waals surface area contributed by atoms with Crippen LogP contribution in [0, 0.1) is 5.92 Å². The van der Waals surface area contributed by atoms with Gasteiger partial charge in [-0.25, -0.2) is 4.79 Å². The molecule has 2 aliphatic rings. The predicted octanol–water partition coefficient (Wildman–Crippen LogP) is 0.338. The molecule has 0 saturated carbocycles. The van der Waals surface area contributed by atoms with Crippen LogP contribution in [0.3, 0.4) is 0 Å². The molecule has 0 spiro atoms. The molecule has 2 heterocycles. The molecule has 134 valence electrons. The number of amides is 2. The Labute approximate surface area is 144 Å². The van der Waals surface area contributed by atoms with Crippen LogP contribution in [-0.4, -0.2) is 55.6 Å². The summed E-state index contributed by atoms with van der Waals surface area (Å²) in [5, 5.41) is 0. The number of esters is 1. The number of carbonyl (C=O) groups is 3. The number of fused-ring (bicyclic) bond motifs is 1. The van der Waals surface area contributed by atoms with Crippen molar-refractivity contribution in [2.75, 3.05) is 32.9 Å². The highest BCUT2D eigenvalue weighted by Crippen LogP contribution is 2.30. The summed E-state index contributed by atoms with van der Waals surface area (Å²) in [7, 11) is 0. The second-order valence-corrected chi connectivity index (χ2v) is 6.02. The van der Waals surface area contributed by atoms with E-state index in [-0.39, 0.29) is 30.5 Å². The molecular weight excluding hydrogens is 328 g/mol. The molecule has 2 N–H and O–H groups in total. The Morgan fingerprint density at radius 3 is 2.72 bits per heavy atom. The molecule has 0 unspecified atom stereocenters. The highest BCUT2D eigenvalue weighted by molar-refractivity contribution is 5.92. The topological polar surface area (TPSA) is 108 Å². The maximum absolute atomic E-state index is 12.2. The van der Waals surface area contributed by atoms with Crippen LogP contribution in [0.15, 0.2) is 18.2 Å². The third kappa shape index (κ3) is 4.01. The molecule has 0 aliphatic carbocycles. The first-order valence-corrected chi connectivity index (χ1v) is 8.18. The van der Waals surface area contributed by atoms with Crippen LogP contribution < -0.4 is 15.2 Å². The Hall–Kier alpha value is -2.77. The van der Waals surface area contributed by atoms with E-state index in [1.807, 2.05) is 0 Å². The maximum Gasteiger partial charge on any atom is 0.338 e. The SMILES string of the molecule is NC(=O)[C@H]1CCCN(C(=O)COC(=O)c2ccc3c(c2)OCCO3)C1. The smallest absolute Gasteiger partial charge is 0.338 e. The first-order chi connectivity index (χ1) is 12.0. The van der Waals surface area contributed by atoms with E-state index < -0.39 is 11.9 Å². The molecule has 8 heteroatoms. The summed E-state index contributed by atoms with van der Waals surface area (Å²) >= 11 is 0. The number of hydrogen-bond acceptors (Lipinski definition) is 6. The largest absolute Gasteiger partial charge is 0.486 e. The van der Waals surface area contributed by atoms with Gasteiger partial charge in [-0.1, -0.05) is 0 Å². The van der Waals surface area contributed by atoms with E-state index in [9.17, 15) is 14.4 Å². The number of piperidine rings is 1. The van der Waals surface area contributed by atoms with Crippen molar-refractivity contribution in [3.8, 4) is 11.5 Å². The molecule has 3 rings (SSSR count). The van der Waals surface area contributed by atoms with Crippen molar-refractivity contribution in [1.82, 2.24) is 4.90 Å². The van der Waals surface area contributed by atoms with Crippen molar-refractivity contribution in [2.24, 2.45) is 11.7 Å². The lowest BCUT2D eigenvalue weighted by atomic mass is 9.97. The second-order valence-electron chi connectivity index (χ2n) is 6.02. The van der Waals surface area contributed by atoms with Gasteiger partial charge in [-0.3, -0.25) is 9.59 Å². The third-order valence-corrected chi connectivity index (χ3v) is 4.28. The fourth-order valence-corrected chi connectivity index (χ4v) is 2.91. The normalized spacial score (nSPS) is 19.2. The van der Waals surface area contributed by atoms with Crippen molar-refractivity contribution in [3.05, 3.63) is 23.8 Å². The average Bonchev–Trinajstić information content (AvgIpc) is 2.65. The Balaban J connectivity index is 1.55. The number of hydrogen-bond donors (Lipinski definition) is 1. The molecule has 8 nitrogen and oxygen atoms in total. The molecule has 0 bridgehead atoms. The zero-order valence-corrected chi connectivity index (χ0v) is 13.7. The highest BCUT2D eigenvalue weighted by Gasteiger charge is 2.27. The summed E-state index contributed by atoms with van der Waals surface area (Å²) in [5.41, 5.74) is 5.58. The fraction of sp³-hybridized carbons (Fsp3) is 0.471. The van der Waals surface area contributed by atoms with Gasteiger partial charge in [-0.05, 0) is 31.0 Å². The van der Waals surface area contributed by atoms with Gasteiger partial charge in [0, 0.05) is 13.1 Å². The third-order valence-electron chi connectivity index (χ3n) is 4.28. The zero-order chi connectivity index (χ0) is 17.8. The van der Waals surface area contributed by atoms with Crippen molar-refractivity contribution in [3.63, 3.8) is 0 Å². The molecule has 1 saturated heterocycles. The van der Waals surface area contributed by atoms with Gasteiger partial charge in [0.15, 0.2) is 18.1 Å². The minimum Gasteiger partial charge on any atom is -0.486 e. The minimum absolute atomic E-state index is 0.274. The number of likely N-dealkylation sites (tertiary alicyclic amines) is 1. The van der Waals surface area contributed by atoms with Gasteiger partial charge < -0.3 is 24.8 Å². The van der Waals surface area contributed by atoms with Gasteiger partial charge in [0.05, 0.1) is 11.5 Å². The summed E-state index contributed by atoms with van der Waals surface area (Å²) in [6.45, 7) is 1.31. The number of benzene rings is 1. The fourth-order valence-electron chi connectivity index (χ4n) is 2.91. The standard InChI is InChI=1S/C17H20N2O6/c18-16(21)12-2-1-5-19(9-12)15(20)10-25-17(22)11-3-4-13-14(8-11)24-7-6-23-13/h3-4,8,12H,1-2,5-7,9-10H2,(H2,18,21)/t12-/m0/s1. The summed E-state index contributed by atoms with van der Waals surface area (Å²) in [4.78, 5) is 37.1. The van der Waals surface area contributed by atoms with E-state index in [2.05, 4.69) is 0 Å². The quantitative estimate of drug-likeness (QED) is 0.786. The van der Waals surface area contributed by atoms with Gasteiger partial charge in [-0.2, -0.15) is 0 Å². The Morgan fingerprint density at radius 2 is 1.96 bits per heavy atom. The lowest BCUT2D eigenvalue weighted by molar-refractivity contribution is -0.137. The van der Waals surface area contributed by atoms with Gasteiger partial charge >= 0.3 is 5.97 Å². The first-order valence-electron chi connectivity index (χ1n) is 8.18. The summed E-state index contributed by atoms with van der Waals surface area (Å²) < 4.78 is 15.9. The summed E-state index contributed by atoms with van der Waals surface area (Å²) in [6.07, 6.45) is 1.38. The molecule has 0 radical (unpaired) electrons. The summed E-state index contributed by atoms with van der Waals surface area (Å²) in [5.74, 6) is -0.653. The molecule has 2 amide bonds. The molecule has 25 heavy (non-hydrogen) atoms. The van der Waals surface area contributed by atoms with Crippen LogP contribution in [0.2, 0.25) is 0 Å². The molecule has 0 aromatic heterocycles. The molecule has 1 aromatic rings. The first kappa shape index (κ1) is 17.1. The van der Waals surface area contributed by atoms with Gasteiger partial charge in [0.1, 0.15) is 13.2 Å². The second kappa shape index (κ2) is 7.42. The Bertz CT molecular complexity index is 690.